The number of esters is 2. The summed E-state index contributed by atoms with van der Waals surface area (Å²) in [6.45, 7) is 0.753. The Morgan fingerprint density at radius 2 is 1.70 bits per heavy atom. The van der Waals surface area contributed by atoms with Crippen LogP contribution < -0.4 is 0 Å². The smallest absolute Gasteiger partial charge is 0.331 e. The van der Waals surface area contributed by atoms with Gasteiger partial charge in [0.1, 0.15) is 0 Å². The third-order valence-electron chi connectivity index (χ3n) is 2.44. The Morgan fingerprint density at radius 1 is 1.10 bits per heavy atom. The summed E-state index contributed by atoms with van der Waals surface area (Å²) in [5, 5.41) is 0. The Morgan fingerprint density at radius 3 is 2.30 bits per heavy atom. The standard InChI is InChI=1S/C12H15NO7/c1-18-10(15)2-3-11(16)20-8-9(14)12(17)13-4-6-19-7-5-13/h2-3H,4-8H2,1H3/b3-2+. The van der Waals surface area contributed by atoms with E-state index in [4.69, 9.17) is 4.74 Å². The molecular formula is C12H15NO7. The molecule has 20 heavy (non-hydrogen) atoms. The number of amides is 1. The van der Waals surface area contributed by atoms with E-state index >= 15 is 0 Å². The second kappa shape index (κ2) is 8.05. The van der Waals surface area contributed by atoms with Gasteiger partial charge < -0.3 is 19.1 Å². The van der Waals surface area contributed by atoms with Crippen LogP contribution in [0.3, 0.4) is 0 Å². The minimum Gasteiger partial charge on any atom is -0.466 e. The molecule has 1 fully saturated rings. The molecule has 0 radical (unpaired) electrons. The summed E-state index contributed by atoms with van der Waals surface area (Å²) in [4.78, 5) is 46.4. The average molecular weight is 285 g/mol. The number of hydrogen-bond donors (Lipinski definition) is 0. The van der Waals surface area contributed by atoms with Crippen molar-refractivity contribution in [1.29, 1.82) is 0 Å². The third kappa shape index (κ3) is 5.19. The van der Waals surface area contributed by atoms with Gasteiger partial charge in [0.05, 0.1) is 20.3 Å². The highest BCUT2D eigenvalue weighted by Crippen LogP contribution is 1.98. The van der Waals surface area contributed by atoms with Gasteiger partial charge >= 0.3 is 11.9 Å². The number of Topliss-reactive ketones (excluding diaryl/α,β-unsaturated/α-hetero) is 1. The second-order valence-electron chi connectivity index (χ2n) is 3.79. The molecule has 8 nitrogen and oxygen atoms in total. The number of carbonyl (C=O) groups excluding carboxylic acids is 4. The quantitative estimate of drug-likeness (QED) is 0.351. The first-order valence-corrected chi connectivity index (χ1v) is 5.87. The molecular weight excluding hydrogens is 270 g/mol. The summed E-state index contributed by atoms with van der Waals surface area (Å²) in [5.74, 6) is -3.17. The number of carbonyl (C=O) groups is 4. The Kier molecular flexibility index (Phi) is 6.38. The predicted molar refractivity (Wildman–Crippen MR) is 64.5 cm³/mol. The zero-order chi connectivity index (χ0) is 15.0. The van der Waals surface area contributed by atoms with Gasteiger partial charge in [-0.15, -0.1) is 0 Å². The van der Waals surface area contributed by atoms with Gasteiger partial charge in [0.15, 0.2) is 6.61 Å². The lowest BCUT2D eigenvalue weighted by atomic mass is 10.3. The van der Waals surface area contributed by atoms with Crippen LogP contribution in [0.5, 0.6) is 0 Å². The molecule has 0 saturated carbocycles. The van der Waals surface area contributed by atoms with Gasteiger partial charge in [0.2, 0.25) is 0 Å². The van der Waals surface area contributed by atoms with Gasteiger partial charge in [-0.2, -0.15) is 0 Å². The molecule has 0 atom stereocenters. The molecule has 0 aromatic heterocycles. The summed E-state index contributed by atoms with van der Waals surface area (Å²) in [5.41, 5.74) is 0. The lowest BCUT2D eigenvalue weighted by molar-refractivity contribution is -0.153. The molecule has 1 rings (SSSR count). The maximum Gasteiger partial charge on any atom is 0.331 e. The van der Waals surface area contributed by atoms with Crippen molar-refractivity contribution in [2.24, 2.45) is 0 Å². The lowest BCUT2D eigenvalue weighted by Gasteiger charge is -2.25. The third-order valence-corrected chi connectivity index (χ3v) is 2.44. The minimum atomic E-state index is -0.904. The highest BCUT2D eigenvalue weighted by molar-refractivity contribution is 6.36. The number of rotatable bonds is 5. The van der Waals surface area contributed by atoms with E-state index in [9.17, 15) is 19.2 Å². The van der Waals surface area contributed by atoms with Crippen LogP contribution in [-0.2, 0) is 33.4 Å². The van der Waals surface area contributed by atoms with E-state index in [2.05, 4.69) is 9.47 Å². The SMILES string of the molecule is COC(=O)/C=C/C(=O)OCC(=O)C(=O)N1CCOCC1. The number of hydrogen-bond acceptors (Lipinski definition) is 7. The summed E-state index contributed by atoms with van der Waals surface area (Å²) in [6, 6.07) is 0. The minimum absolute atomic E-state index is 0.334. The highest BCUT2D eigenvalue weighted by Gasteiger charge is 2.24. The fourth-order valence-electron chi connectivity index (χ4n) is 1.39. The lowest BCUT2D eigenvalue weighted by Crippen LogP contribution is -2.45. The molecule has 0 spiro atoms. The molecule has 0 aromatic carbocycles. The first-order valence-electron chi connectivity index (χ1n) is 5.87. The second-order valence-corrected chi connectivity index (χ2v) is 3.79. The number of ether oxygens (including phenoxy) is 3. The Bertz CT molecular complexity index is 424. The van der Waals surface area contributed by atoms with Crippen LogP contribution in [0.25, 0.3) is 0 Å². The predicted octanol–water partition coefficient (Wildman–Crippen LogP) is -1.31. The molecule has 0 N–H and O–H groups in total. The van der Waals surface area contributed by atoms with Crippen LogP contribution in [-0.4, -0.2) is 68.5 Å². The molecule has 8 heteroatoms. The van der Waals surface area contributed by atoms with E-state index < -0.39 is 30.2 Å². The van der Waals surface area contributed by atoms with Crippen LogP contribution in [0, 0.1) is 0 Å². The van der Waals surface area contributed by atoms with Crippen LogP contribution in [0.4, 0.5) is 0 Å². The summed E-state index contributed by atoms with van der Waals surface area (Å²) in [6.07, 6.45) is 1.68. The topological polar surface area (TPSA) is 99.2 Å². The normalized spacial score (nSPS) is 14.9. The molecule has 0 unspecified atom stereocenters. The van der Waals surface area contributed by atoms with Crippen LogP contribution in [0.15, 0.2) is 12.2 Å². The van der Waals surface area contributed by atoms with E-state index in [1.54, 1.807) is 0 Å². The molecule has 0 aliphatic carbocycles. The van der Waals surface area contributed by atoms with Crippen LogP contribution in [0.1, 0.15) is 0 Å². The Hall–Kier alpha value is -2.22. The van der Waals surface area contributed by atoms with Crippen molar-refractivity contribution in [1.82, 2.24) is 4.90 Å². The summed E-state index contributed by atoms with van der Waals surface area (Å²) >= 11 is 0. The van der Waals surface area contributed by atoms with Gasteiger partial charge in [-0.05, 0) is 0 Å². The number of ketones is 1. The fraction of sp³-hybridized carbons (Fsp3) is 0.500. The highest BCUT2D eigenvalue weighted by atomic mass is 16.5. The van der Waals surface area contributed by atoms with Crippen molar-refractivity contribution >= 4 is 23.6 Å². The van der Waals surface area contributed by atoms with Gasteiger partial charge in [0, 0.05) is 25.2 Å². The molecule has 1 aliphatic heterocycles. The molecule has 0 aromatic rings. The Balaban J connectivity index is 2.35. The number of nitrogens with zero attached hydrogens (tertiary/aromatic N) is 1. The monoisotopic (exact) mass is 285 g/mol. The largest absolute Gasteiger partial charge is 0.466 e. The van der Waals surface area contributed by atoms with E-state index in [0.29, 0.717) is 26.3 Å². The molecule has 110 valence electrons. The van der Waals surface area contributed by atoms with Gasteiger partial charge in [-0.3, -0.25) is 9.59 Å². The Labute approximate surface area is 115 Å². The van der Waals surface area contributed by atoms with Crippen LogP contribution in [0.2, 0.25) is 0 Å². The van der Waals surface area contributed by atoms with Crippen LogP contribution >= 0.6 is 0 Å². The van der Waals surface area contributed by atoms with Crippen molar-refractivity contribution in [2.75, 3.05) is 40.0 Å². The fourth-order valence-corrected chi connectivity index (χ4v) is 1.39. The number of methoxy groups -OCH3 is 1. The molecule has 1 amide bonds. The zero-order valence-corrected chi connectivity index (χ0v) is 11.0. The first kappa shape index (κ1) is 15.8. The van der Waals surface area contributed by atoms with Crippen molar-refractivity contribution in [3.05, 3.63) is 12.2 Å². The van der Waals surface area contributed by atoms with Gasteiger partial charge in [0.25, 0.3) is 11.7 Å². The van der Waals surface area contributed by atoms with Gasteiger partial charge in [-0.25, -0.2) is 9.59 Å². The van der Waals surface area contributed by atoms with E-state index in [0.717, 1.165) is 19.3 Å². The first-order chi connectivity index (χ1) is 9.54. The van der Waals surface area contributed by atoms with E-state index in [-0.39, 0.29) is 0 Å². The molecule has 0 bridgehead atoms. The number of morpholine rings is 1. The van der Waals surface area contributed by atoms with Crippen molar-refractivity contribution in [2.45, 2.75) is 0 Å². The molecule has 1 heterocycles. The molecule has 1 saturated heterocycles. The van der Waals surface area contributed by atoms with Crippen molar-refractivity contribution in [3.8, 4) is 0 Å². The molecule has 1 aliphatic rings. The van der Waals surface area contributed by atoms with Gasteiger partial charge in [-0.1, -0.05) is 0 Å². The summed E-state index contributed by atoms with van der Waals surface area (Å²) < 4.78 is 13.9. The zero-order valence-electron chi connectivity index (χ0n) is 11.0. The van der Waals surface area contributed by atoms with E-state index in [1.807, 2.05) is 0 Å². The van der Waals surface area contributed by atoms with Crippen molar-refractivity contribution < 1.29 is 33.4 Å². The summed E-state index contributed by atoms with van der Waals surface area (Å²) in [7, 11) is 1.16. The van der Waals surface area contributed by atoms with E-state index in [1.165, 1.54) is 4.90 Å². The maximum atomic E-state index is 11.7. The average Bonchev–Trinajstić information content (AvgIpc) is 2.50. The maximum absolute atomic E-state index is 11.7. The van der Waals surface area contributed by atoms with Crippen molar-refractivity contribution in [3.63, 3.8) is 0 Å².